The molecule has 0 N–H and O–H groups in total. The number of hydrogen-bond acceptors (Lipinski definition) is 4. The van der Waals surface area contributed by atoms with Crippen LogP contribution in [0, 0.1) is 23.7 Å². The van der Waals surface area contributed by atoms with Crippen LogP contribution in [0.5, 0.6) is 0 Å². The number of carbonyl (C=O) groups is 2. The maximum absolute atomic E-state index is 14.1. The second kappa shape index (κ2) is 9.15. The smallest absolute Gasteiger partial charge is 0.393 e. The summed E-state index contributed by atoms with van der Waals surface area (Å²) in [6.07, 6.45) is -10.1. The van der Waals surface area contributed by atoms with Gasteiger partial charge in [0.1, 0.15) is 0 Å². The highest BCUT2D eigenvalue weighted by atomic mass is 32.2. The fourth-order valence-corrected chi connectivity index (χ4v) is 6.67. The van der Waals surface area contributed by atoms with Crippen molar-refractivity contribution < 1.29 is 89.0 Å². The predicted octanol–water partition coefficient (Wildman–Crippen LogP) is 6.84. The van der Waals surface area contributed by atoms with E-state index in [1.54, 1.807) is 0 Å². The van der Waals surface area contributed by atoms with Crippen molar-refractivity contribution in [2.75, 3.05) is 5.75 Å². The lowest BCUT2D eigenvalue weighted by molar-refractivity contribution is -0.461. The highest BCUT2D eigenvalue weighted by Gasteiger charge is 2.95. The van der Waals surface area contributed by atoms with Gasteiger partial charge in [-0.3, -0.25) is 9.59 Å². The number of fused-ring (bicyclic) bond motifs is 5. The lowest BCUT2D eigenvalue weighted by atomic mass is 9.81. The van der Waals surface area contributed by atoms with Gasteiger partial charge in [-0.15, -0.1) is 0 Å². The Kier molecular flexibility index (Phi) is 7.50. The molecule has 21 heteroatoms. The molecular weight excluding hydrogens is 631 g/mol. The van der Waals surface area contributed by atoms with Gasteiger partial charge in [-0.25, -0.2) is 0 Å². The van der Waals surface area contributed by atoms with E-state index in [1.807, 2.05) is 0 Å². The van der Waals surface area contributed by atoms with Crippen LogP contribution in [0.4, 0.5) is 74.6 Å². The molecule has 3 nitrogen and oxygen atoms in total. The summed E-state index contributed by atoms with van der Waals surface area (Å²) in [5, 5.41) is -0.844. The maximum atomic E-state index is 14.1. The Morgan fingerprint density at radius 2 is 1.02 bits per heavy atom. The van der Waals surface area contributed by atoms with E-state index in [-0.39, 0.29) is 12.8 Å². The summed E-state index contributed by atoms with van der Waals surface area (Å²) in [5.41, 5.74) is 0. The van der Waals surface area contributed by atoms with E-state index in [4.69, 9.17) is 0 Å². The van der Waals surface area contributed by atoms with Crippen LogP contribution in [0.3, 0.4) is 0 Å². The number of thioether (sulfide) groups is 1. The fourth-order valence-electron chi connectivity index (χ4n) is 5.08. The van der Waals surface area contributed by atoms with Gasteiger partial charge in [-0.2, -0.15) is 86.4 Å². The number of carbonyl (C=O) groups excluding carboxylic acids is 2. The minimum Gasteiger partial charge on any atom is -0.393 e. The van der Waals surface area contributed by atoms with Crippen LogP contribution in [0.1, 0.15) is 19.3 Å². The highest BCUT2D eigenvalue weighted by molar-refractivity contribution is 7.99. The number of rotatable bonds is 10. The Labute approximate surface area is 215 Å². The van der Waals surface area contributed by atoms with E-state index in [0.717, 1.165) is 0 Å². The van der Waals surface area contributed by atoms with E-state index >= 15 is 0 Å². The number of ether oxygens (including phenoxy) is 1. The predicted molar refractivity (Wildman–Crippen MR) is 95.8 cm³/mol. The first kappa shape index (κ1) is 32.8. The van der Waals surface area contributed by atoms with E-state index in [1.165, 1.54) is 0 Å². The normalized spacial score (nSPS) is 28.8. The van der Waals surface area contributed by atoms with Crippen molar-refractivity contribution in [1.82, 2.24) is 0 Å². The van der Waals surface area contributed by atoms with Crippen molar-refractivity contribution in [3.63, 3.8) is 0 Å². The molecule has 3 aliphatic rings. The van der Waals surface area contributed by atoms with Gasteiger partial charge in [0.2, 0.25) is 0 Å². The van der Waals surface area contributed by atoms with Crippen molar-refractivity contribution in [1.29, 1.82) is 0 Å². The summed E-state index contributed by atoms with van der Waals surface area (Å²) >= 11 is 0.319. The third-order valence-electron chi connectivity index (χ3n) is 7.22. The maximum Gasteiger partial charge on any atom is 0.460 e. The first-order chi connectivity index (χ1) is 17.6. The largest absolute Gasteiger partial charge is 0.460 e. The zero-order valence-electron chi connectivity index (χ0n) is 18.8. The second-order valence-electron chi connectivity index (χ2n) is 9.49. The molecule has 0 aromatic carbocycles. The Hall–Kier alpha value is -1.70. The van der Waals surface area contributed by atoms with Crippen LogP contribution >= 0.6 is 11.8 Å². The second-order valence-corrected chi connectivity index (χ2v) is 10.8. The molecule has 0 aromatic rings. The van der Waals surface area contributed by atoms with Crippen molar-refractivity contribution in [2.24, 2.45) is 23.7 Å². The lowest BCUT2D eigenvalue weighted by Gasteiger charge is -2.42. The molecule has 1 heterocycles. The monoisotopic (exact) mass is 644 g/mol. The summed E-state index contributed by atoms with van der Waals surface area (Å²) in [6, 6.07) is 0. The minimum absolute atomic E-state index is 0.0177. The molecule has 2 bridgehead atoms. The van der Waals surface area contributed by atoms with Gasteiger partial charge in [0.05, 0.1) is 11.8 Å². The molecule has 5 atom stereocenters. The molecule has 0 radical (unpaired) electrons. The molecule has 1 saturated heterocycles. The first-order valence-corrected chi connectivity index (χ1v) is 11.7. The summed E-state index contributed by atoms with van der Waals surface area (Å²) in [4.78, 5) is 23.5. The molecule has 0 amide bonds. The van der Waals surface area contributed by atoms with E-state index in [9.17, 15) is 84.2 Å². The van der Waals surface area contributed by atoms with Crippen molar-refractivity contribution >= 4 is 23.7 Å². The van der Waals surface area contributed by atoms with Crippen LogP contribution in [0.25, 0.3) is 0 Å². The van der Waals surface area contributed by atoms with Gasteiger partial charge in [-0.05, 0) is 30.4 Å². The van der Waals surface area contributed by atoms with Gasteiger partial charge >= 0.3 is 59.6 Å². The number of hydrogen-bond donors (Lipinski definition) is 0. The molecular formula is C19H13F17O3S. The van der Waals surface area contributed by atoms with Crippen molar-refractivity contribution in [3.8, 4) is 0 Å². The average molecular weight is 644 g/mol. The van der Waals surface area contributed by atoms with Gasteiger partial charge in [0, 0.05) is 11.7 Å². The third-order valence-corrected chi connectivity index (χ3v) is 8.63. The molecule has 1 aliphatic heterocycles. The van der Waals surface area contributed by atoms with E-state index < -0.39 is 101 Å². The molecule has 0 aromatic heterocycles. The molecule has 3 fully saturated rings. The molecule has 2 aliphatic carbocycles. The van der Waals surface area contributed by atoms with Gasteiger partial charge in [0.15, 0.2) is 0 Å². The first-order valence-electron chi connectivity index (χ1n) is 10.7. The Bertz CT molecular complexity index is 1040. The molecule has 0 spiro atoms. The van der Waals surface area contributed by atoms with Crippen LogP contribution in [-0.4, -0.2) is 70.6 Å². The van der Waals surface area contributed by atoms with E-state index in [2.05, 4.69) is 4.74 Å². The summed E-state index contributed by atoms with van der Waals surface area (Å²) in [5.74, 6) is -62.6. The van der Waals surface area contributed by atoms with Gasteiger partial charge < -0.3 is 4.74 Å². The molecule has 232 valence electrons. The Morgan fingerprint density at radius 3 is 1.50 bits per heavy atom. The molecule has 5 unspecified atom stereocenters. The fraction of sp³-hybridized carbons (Fsp3) is 0.895. The zero-order valence-corrected chi connectivity index (χ0v) is 19.6. The molecule has 40 heavy (non-hydrogen) atoms. The Balaban J connectivity index is 1.78. The summed E-state index contributed by atoms with van der Waals surface area (Å²) in [7, 11) is 0. The number of halogens is 17. The van der Waals surface area contributed by atoms with E-state index in [0.29, 0.717) is 11.8 Å². The van der Waals surface area contributed by atoms with Crippen LogP contribution in [0.15, 0.2) is 0 Å². The van der Waals surface area contributed by atoms with Gasteiger partial charge in [-0.1, -0.05) is 0 Å². The van der Waals surface area contributed by atoms with Crippen molar-refractivity contribution in [3.05, 3.63) is 0 Å². The number of esters is 2. The molecule has 3 rings (SSSR count). The lowest BCUT2D eigenvalue weighted by Crippen LogP contribution is -2.74. The highest BCUT2D eigenvalue weighted by Crippen LogP contribution is 2.64. The zero-order chi connectivity index (χ0) is 31.3. The average Bonchev–Trinajstić information content (AvgIpc) is 3.44. The third kappa shape index (κ3) is 4.16. The summed E-state index contributed by atoms with van der Waals surface area (Å²) in [6.45, 7) is 0. The standard InChI is InChI=1S/C19H13F17O3S/c20-12(21,1-2-40-7-4-5-3-6(7)9-8(5)10(37)39-11(9)38)13(22,23)14(24,25)15(26,27)16(28,29)17(30,31)18(32,33)19(34,35)36/h5-9H,1-4H2. The molecule has 2 saturated carbocycles. The van der Waals surface area contributed by atoms with Crippen LogP contribution < -0.4 is 0 Å². The number of cyclic esters (lactones) is 2. The quantitative estimate of drug-likeness (QED) is 0.149. The van der Waals surface area contributed by atoms with Crippen LogP contribution in [-0.2, 0) is 14.3 Å². The Morgan fingerprint density at radius 1 is 0.600 bits per heavy atom. The minimum atomic E-state index is -8.65. The topological polar surface area (TPSA) is 43.4 Å². The SMILES string of the molecule is O=C1OC(=O)C2C3CC(CC3SCCC(F)(F)C(F)(F)C(F)(F)C(F)(F)C(F)(F)C(F)(F)C(F)(F)C(F)(F)F)C12. The van der Waals surface area contributed by atoms with Crippen LogP contribution in [0.2, 0.25) is 0 Å². The van der Waals surface area contributed by atoms with Crippen molar-refractivity contribution in [2.45, 2.75) is 72.1 Å². The summed E-state index contributed by atoms with van der Waals surface area (Å²) < 4.78 is 231. The number of alkyl halides is 17. The van der Waals surface area contributed by atoms with Gasteiger partial charge in [0.25, 0.3) is 0 Å².